The topological polar surface area (TPSA) is 41.9 Å². The van der Waals surface area contributed by atoms with E-state index in [-0.39, 0.29) is 0 Å². The first-order valence-electron chi connectivity index (χ1n) is 7.39. The van der Waals surface area contributed by atoms with E-state index in [0.29, 0.717) is 19.1 Å². The molecule has 4 heteroatoms. The van der Waals surface area contributed by atoms with Crippen LogP contribution in [0.4, 0.5) is 0 Å². The zero-order valence-electron chi connectivity index (χ0n) is 12.5. The molecule has 1 N–H and O–H groups in total. The number of nitrogens with zero attached hydrogens (tertiary/aromatic N) is 1. The summed E-state index contributed by atoms with van der Waals surface area (Å²) in [5.41, 5.74) is 1.23. The molecule has 0 bridgehead atoms. The summed E-state index contributed by atoms with van der Waals surface area (Å²) in [6.07, 6.45) is 2.07. The molecule has 0 saturated carbocycles. The van der Waals surface area contributed by atoms with Gasteiger partial charge in [-0.2, -0.15) is 0 Å². The van der Waals surface area contributed by atoms with Crippen molar-refractivity contribution in [2.24, 2.45) is 5.92 Å². The van der Waals surface area contributed by atoms with Gasteiger partial charge in [-0.05, 0) is 43.0 Å². The summed E-state index contributed by atoms with van der Waals surface area (Å²) in [7, 11) is 1.67. The molecule has 1 atom stereocenters. The van der Waals surface area contributed by atoms with E-state index in [2.05, 4.69) is 24.0 Å². The summed E-state index contributed by atoms with van der Waals surface area (Å²) in [6, 6.07) is 6.13. The Bertz CT molecular complexity index is 422. The van der Waals surface area contributed by atoms with Gasteiger partial charge in [-0.3, -0.25) is 4.90 Å². The van der Waals surface area contributed by atoms with E-state index in [1.54, 1.807) is 7.11 Å². The standard InChI is InChI=1S/C16H25NO3/c1-3-8-20-16-9-13(4-5-15(16)19-2)10-17-7-6-14(11-17)12-18/h4-5,9,14,18H,3,6-8,10-12H2,1-2H3. The van der Waals surface area contributed by atoms with Crippen molar-refractivity contribution < 1.29 is 14.6 Å². The molecule has 0 aliphatic carbocycles. The molecule has 1 aromatic rings. The fourth-order valence-electron chi connectivity index (χ4n) is 2.61. The molecule has 20 heavy (non-hydrogen) atoms. The number of aliphatic hydroxyl groups is 1. The van der Waals surface area contributed by atoms with Crippen LogP contribution in [0.15, 0.2) is 18.2 Å². The number of benzene rings is 1. The monoisotopic (exact) mass is 279 g/mol. The second-order valence-corrected chi connectivity index (χ2v) is 5.41. The average Bonchev–Trinajstić information content (AvgIpc) is 2.93. The molecule has 1 unspecified atom stereocenters. The molecule has 1 fully saturated rings. The lowest BCUT2D eigenvalue weighted by atomic mass is 10.1. The number of aliphatic hydroxyl groups excluding tert-OH is 1. The fraction of sp³-hybridized carbons (Fsp3) is 0.625. The summed E-state index contributed by atoms with van der Waals surface area (Å²) < 4.78 is 11.1. The molecule has 1 aromatic carbocycles. The number of rotatable bonds is 7. The Hall–Kier alpha value is -1.26. The van der Waals surface area contributed by atoms with Gasteiger partial charge in [0.25, 0.3) is 0 Å². The molecule has 0 spiro atoms. The van der Waals surface area contributed by atoms with Crippen LogP contribution in [0.25, 0.3) is 0 Å². The zero-order chi connectivity index (χ0) is 14.4. The lowest BCUT2D eigenvalue weighted by Gasteiger charge is -2.17. The molecule has 1 aliphatic rings. The number of likely N-dealkylation sites (tertiary alicyclic amines) is 1. The number of hydrogen-bond donors (Lipinski definition) is 1. The highest BCUT2D eigenvalue weighted by Gasteiger charge is 2.21. The Morgan fingerprint density at radius 1 is 1.35 bits per heavy atom. The molecule has 112 valence electrons. The van der Waals surface area contributed by atoms with Gasteiger partial charge in [0.15, 0.2) is 11.5 Å². The van der Waals surface area contributed by atoms with Gasteiger partial charge >= 0.3 is 0 Å². The van der Waals surface area contributed by atoms with Crippen LogP contribution in [0.1, 0.15) is 25.3 Å². The Morgan fingerprint density at radius 3 is 2.85 bits per heavy atom. The maximum Gasteiger partial charge on any atom is 0.161 e. The summed E-state index contributed by atoms with van der Waals surface area (Å²) >= 11 is 0. The largest absolute Gasteiger partial charge is 0.493 e. The second kappa shape index (κ2) is 7.50. The summed E-state index contributed by atoms with van der Waals surface area (Å²) in [5.74, 6) is 2.05. The quantitative estimate of drug-likeness (QED) is 0.831. The van der Waals surface area contributed by atoms with E-state index in [1.165, 1.54) is 5.56 Å². The molecule has 0 aromatic heterocycles. The van der Waals surface area contributed by atoms with Crippen molar-refractivity contribution in [1.29, 1.82) is 0 Å². The summed E-state index contributed by atoms with van der Waals surface area (Å²) in [6.45, 7) is 6.04. The van der Waals surface area contributed by atoms with Crippen molar-refractivity contribution in [1.82, 2.24) is 4.90 Å². The second-order valence-electron chi connectivity index (χ2n) is 5.41. The van der Waals surface area contributed by atoms with E-state index in [1.807, 2.05) is 6.07 Å². The molecule has 1 saturated heterocycles. The molecule has 0 amide bonds. The Morgan fingerprint density at radius 2 is 2.20 bits per heavy atom. The van der Waals surface area contributed by atoms with Crippen molar-refractivity contribution in [2.75, 3.05) is 33.4 Å². The van der Waals surface area contributed by atoms with E-state index < -0.39 is 0 Å². The minimum absolute atomic E-state index is 0.296. The first kappa shape index (κ1) is 15.1. The maximum absolute atomic E-state index is 9.20. The van der Waals surface area contributed by atoms with Gasteiger partial charge in [-0.25, -0.2) is 0 Å². The molecule has 0 radical (unpaired) electrons. The third-order valence-electron chi connectivity index (χ3n) is 3.72. The SMILES string of the molecule is CCCOc1cc(CN2CCC(CO)C2)ccc1OC. The molecule has 4 nitrogen and oxygen atoms in total. The summed E-state index contributed by atoms with van der Waals surface area (Å²) in [4.78, 5) is 2.38. The van der Waals surface area contributed by atoms with Gasteiger partial charge < -0.3 is 14.6 Å². The molecular formula is C16H25NO3. The van der Waals surface area contributed by atoms with Crippen LogP contribution in [0.5, 0.6) is 11.5 Å². The van der Waals surface area contributed by atoms with Gasteiger partial charge in [-0.1, -0.05) is 13.0 Å². The first-order chi connectivity index (χ1) is 9.76. The minimum Gasteiger partial charge on any atom is -0.493 e. The first-order valence-corrected chi connectivity index (χ1v) is 7.39. The van der Waals surface area contributed by atoms with Crippen LogP contribution < -0.4 is 9.47 Å². The van der Waals surface area contributed by atoms with E-state index in [4.69, 9.17) is 9.47 Å². The third kappa shape index (κ3) is 3.87. The molecular weight excluding hydrogens is 254 g/mol. The van der Waals surface area contributed by atoms with Gasteiger partial charge in [0.05, 0.1) is 13.7 Å². The highest BCUT2D eigenvalue weighted by molar-refractivity contribution is 5.43. The number of methoxy groups -OCH3 is 1. The van der Waals surface area contributed by atoms with E-state index in [0.717, 1.165) is 44.0 Å². The Kier molecular flexibility index (Phi) is 5.68. The van der Waals surface area contributed by atoms with E-state index >= 15 is 0 Å². The number of hydrogen-bond acceptors (Lipinski definition) is 4. The van der Waals surface area contributed by atoms with Crippen LogP contribution in [0.3, 0.4) is 0 Å². The van der Waals surface area contributed by atoms with Crippen molar-refractivity contribution in [3.8, 4) is 11.5 Å². The molecule has 2 rings (SSSR count). The highest BCUT2D eigenvalue weighted by Crippen LogP contribution is 2.29. The predicted octanol–water partition coefficient (Wildman–Crippen LogP) is 2.30. The van der Waals surface area contributed by atoms with Crippen LogP contribution in [-0.4, -0.2) is 43.4 Å². The van der Waals surface area contributed by atoms with Gasteiger partial charge in [0.2, 0.25) is 0 Å². The van der Waals surface area contributed by atoms with Crippen molar-refractivity contribution >= 4 is 0 Å². The lowest BCUT2D eigenvalue weighted by Crippen LogP contribution is -2.21. The van der Waals surface area contributed by atoms with Crippen LogP contribution in [0.2, 0.25) is 0 Å². The highest BCUT2D eigenvalue weighted by atomic mass is 16.5. The Labute approximate surface area is 121 Å². The zero-order valence-corrected chi connectivity index (χ0v) is 12.5. The lowest BCUT2D eigenvalue weighted by molar-refractivity contribution is 0.220. The molecule has 1 aliphatic heterocycles. The van der Waals surface area contributed by atoms with Crippen molar-refractivity contribution in [3.05, 3.63) is 23.8 Å². The smallest absolute Gasteiger partial charge is 0.161 e. The van der Waals surface area contributed by atoms with E-state index in [9.17, 15) is 5.11 Å². The predicted molar refractivity (Wildman–Crippen MR) is 79.2 cm³/mol. The van der Waals surface area contributed by atoms with Crippen molar-refractivity contribution in [3.63, 3.8) is 0 Å². The van der Waals surface area contributed by atoms with Crippen LogP contribution in [-0.2, 0) is 6.54 Å². The van der Waals surface area contributed by atoms with Gasteiger partial charge in [0.1, 0.15) is 0 Å². The fourth-order valence-corrected chi connectivity index (χ4v) is 2.61. The Balaban J connectivity index is 2.01. The minimum atomic E-state index is 0.296. The van der Waals surface area contributed by atoms with Crippen molar-refractivity contribution in [2.45, 2.75) is 26.3 Å². The number of ether oxygens (including phenoxy) is 2. The van der Waals surface area contributed by atoms with Gasteiger partial charge in [-0.15, -0.1) is 0 Å². The molecule has 1 heterocycles. The van der Waals surface area contributed by atoms with Gasteiger partial charge in [0, 0.05) is 19.7 Å². The third-order valence-corrected chi connectivity index (χ3v) is 3.72. The van der Waals surface area contributed by atoms with Crippen LogP contribution in [0, 0.1) is 5.92 Å². The summed E-state index contributed by atoms with van der Waals surface area (Å²) in [5, 5.41) is 9.20. The average molecular weight is 279 g/mol. The maximum atomic E-state index is 9.20. The normalized spacial score (nSPS) is 19.2. The van der Waals surface area contributed by atoms with Crippen LogP contribution >= 0.6 is 0 Å².